The molecule has 8 heteroatoms. The Kier molecular flexibility index (Phi) is 5.22. The summed E-state index contributed by atoms with van der Waals surface area (Å²) in [5.74, 6) is 0.543. The second-order valence-corrected chi connectivity index (χ2v) is 9.75. The van der Waals surface area contributed by atoms with E-state index in [0.717, 1.165) is 33.1 Å². The number of amides is 1. The first-order valence-electron chi connectivity index (χ1n) is 10.7. The van der Waals surface area contributed by atoms with E-state index in [4.69, 9.17) is 9.52 Å². The number of rotatable bonds is 4. The van der Waals surface area contributed by atoms with Crippen molar-refractivity contribution in [2.24, 2.45) is 0 Å². The highest BCUT2D eigenvalue weighted by atomic mass is 32.2. The molecule has 5 rings (SSSR count). The van der Waals surface area contributed by atoms with Crippen LogP contribution < -0.4 is 0 Å². The number of carbonyl (C=O) groups is 1. The van der Waals surface area contributed by atoms with Crippen molar-refractivity contribution in [3.63, 3.8) is 0 Å². The van der Waals surface area contributed by atoms with Crippen LogP contribution in [-0.4, -0.2) is 55.1 Å². The van der Waals surface area contributed by atoms with Crippen LogP contribution in [0.4, 0.5) is 0 Å². The summed E-state index contributed by atoms with van der Waals surface area (Å²) in [4.78, 5) is 19.8. The molecule has 1 unspecified atom stereocenters. The molecule has 1 atom stereocenters. The molecule has 0 radical (unpaired) electrons. The van der Waals surface area contributed by atoms with E-state index in [1.807, 2.05) is 60.0 Å². The van der Waals surface area contributed by atoms with Gasteiger partial charge >= 0.3 is 0 Å². The number of likely N-dealkylation sites (tertiary alicyclic amines) is 1. The lowest BCUT2D eigenvalue weighted by Gasteiger charge is -2.44. The van der Waals surface area contributed by atoms with Gasteiger partial charge in [0.2, 0.25) is 0 Å². The quantitative estimate of drug-likeness (QED) is 0.491. The van der Waals surface area contributed by atoms with E-state index in [-0.39, 0.29) is 12.0 Å². The van der Waals surface area contributed by atoms with Gasteiger partial charge in [0.05, 0.1) is 17.5 Å². The molecule has 3 aromatic heterocycles. The van der Waals surface area contributed by atoms with Gasteiger partial charge in [0.1, 0.15) is 23.2 Å². The number of pyridine rings is 1. The van der Waals surface area contributed by atoms with E-state index in [2.05, 4.69) is 4.98 Å². The number of nitrogens with zero attached hydrogens (tertiary/aromatic N) is 4. The first kappa shape index (κ1) is 21.0. The van der Waals surface area contributed by atoms with Crippen LogP contribution in [0.5, 0.6) is 0 Å². The maximum absolute atomic E-state index is 13.4. The lowest BCUT2D eigenvalue weighted by molar-refractivity contribution is 0.00293. The number of hydrogen-bond donors (Lipinski definition) is 1. The Morgan fingerprint density at radius 1 is 1.31 bits per heavy atom. The fourth-order valence-corrected chi connectivity index (χ4v) is 5.09. The van der Waals surface area contributed by atoms with Crippen LogP contribution in [0.25, 0.3) is 33.1 Å². The van der Waals surface area contributed by atoms with Crippen molar-refractivity contribution in [3.05, 3.63) is 48.5 Å². The molecule has 166 valence electrons. The summed E-state index contributed by atoms with van der Waals surface area (Å²) in [6.07, 6.45) is 6.27. The third kappa shape index (κ3) is 3.47. The highest BCUT2D eigenvalue weighted by Gasteiger charge is 2.38. The van der Waals surface area contributed by atoms with Crippen LogP contribution in [0, 0.1) is 0 Å². The largest absolute Gasteiger partial charge is 0.464 e. The summed E-state index contributed by atoms with van der Waals surface area (Å²) in [7, 11) is 0. The van der Waals surface area contributed by atoms with Crippen LogP contribution >= 0.6 is 11.8 Å². The summed E-state index contributed by atoms with van der Waals surface area (Å²) in [6.45, 7) is 4.50. The van der Waals surface area contributed by atoms with Gasteiger partial charge in [0.25, 0.3) is 5.91 Å². The monoisotopic (exact) mass is 450 g/mol. The molecule has 0 saturated carbocycles. The maximum Gasteiger partial charge on any atom is 0.272 e. The van der Waals surface area contributed by atoms with Crippen molar-refractivity contribution in [2.75, 3.05) is 12.8 Å². The fraction of sp³-hybridized carbons (Fsp3) is 0.375. The molecule has 1 fully saturated rings. The molecule has 4 aromatic rings. The molecular weight excluding hydrogens is 424 g/mol. The van der Waals surface area contributed by atoms with Crippen molar-refractivity contribution >= 4 is 39.5 Å². The Morgan fingerprint density at radius 2 is 2.12 bits per heavy atom. The normalized spacial score (nSPS) is 18.5. The Bertz CT molecular complexity index is 1310. The minimum Gasteiger partial charge on any atom is -0.464 e. The zero-order valence-electron chi connectivity index (χ0n) is 18.4. The molecular formula is C24H26N4O3S. The molecule has 1 aliphatic heterocycles. The fourth-order valence-electron chi connectivity index (χ4n) is 4.65. The van der Waals surface area contributed by atoms with Gasteiger partial charge in [-0.3, -0.25) is 14.5 Å². The van der Waals surface area contributed by atoms with Crippen molar-refractivity contribution in [2.45, 2.75) is 44.2 Å². The number of thioether (sulfide) groups is 1. The van der Waals surface area contributed by atoms with E-state index >= 15 is 0 Å². The van der Waals surface area contributed by atoms with Crippen LogP contribution in [0.2, 0.25) is 0 Å². The molecule has 0 spiro atoms. The SMILES string of the molecule is CSCn1nc(-c2coc3ccccc23)c2cnc(C(=O)N3CCC(O)CC3(C)C)cc21. The molecule has 1 amide bonds. The smallest absolute Gasteiger partial charge is 0.272 e. The van der Waals surface area contributed by atoms with Gasteiger partial charge in [0, 0.05) is 34.6 Å². The second-order valence-electron chi connectivity index (χ2n) is 8.91. The van der Waals surface area contributed by atoms with Gasteiger partial charge in [-0.25, -0.2) is 0 Å². The van der Waals surface area contributed by atoms with E-state index in [1.165, 1.54) is 0 Å². The zero-order valence-corrected chi connectivity index (χ0v) is 19.2. The Balaban J connectivity index is 1.60. The number of carbonyl (C=O) groups excluding carboxylic acids is 1. The van der Waals surface area contributed by atoms with Gasteiger partial charge in [-0.15, -0.1) is 11.8 Å². The number of aliphatic hydroxyl groups is 1. The number of aliphatic hydroxyl groups excluding tert-OH is 1. The van der Waals surface area contributed by atoms with Crippen LogP contribution in [-0.2, 0) is 5.88 Å². The Hall–Kier alpha value is -2.84. The maximum atomic E-state index is 13.4. The van der Waals surface area contributed by atoms with Gasteiger partial charge in [-0.05, 0) is 45.1 Å². The predicted octanol–water partition coefficient (Wildman–Crippen LogP) is 4.54. The minimum absolute atomic E-state index is 0.115. The zero-order chi connectivity index (χ0) is 22.5. The number of hydrogen-bond acceptors (Lipinski definition) is 6. The summed E-state index contributed by atoms with van der Waals surface area (Å²) in [5.41, 5.74) is 3.36. The highest BCUT2D eigenvalue weighted by molar-refractivity contribution is 7.97. The number of benzene rings is 1. The average Bonchev–Trinajstić information content (AvgIpc) is 3.34. The van der Waals surface area contributed by atoms with Crippen molar-refractivity contribution < 1.29 is 14.3 Å². The average molecular weight is 451 g/mol. The van der Waals surface area contributed by atoms with Crippen LogP contribution in [0.3, 0.4) is 0 Å². The first-order chi connectivity index (χ1) is 15.4. The lowest BCUT2D eigenvalue weighted by Crippen LogP contribution is -2.54. The highest BCUT2D eigenvalue weighted by Crippen LogP contribution is 2.35. The number of piperidine rings is 1. The van der Waals surface area contributed by atoms with Gasteiger partial charge in [-0.2, -0.15) is 5.10 Å². The van der Waals surface area contributed by atoms with Crippen molar-refractivity contribution in [1.29, 1.82) is 0 Å². The van der Waals surface area contributed by atoms with E-state index in [0.29, 0.717) is 31.0 Å². The van der Waals surface area contributed by atoms with Gasteiger partial charge in [0.15, 0.2) is 0 Å². The molecule has 0 bridgehead atoms. The molecule has 1 aromatic carbocycles. The first-order valence-corrected chi connectivity index (χ1v) is 12.1. The molecule has 7 nitrogen and oxygen atoms in total. The summed E-state index contributed by atoms with van der Waals surface area (Å²) >= 11 is 1.66. The van der Waals surface area contributed by atoms with E-state index in [1.54, 1.807) is 24.2 Å². The standard InChI is InChI=1S/C24H26N4O3S/c1-24(2)11-15(29)8-9-27(24)23(30)19-10-20-17(12-25-19)22(26-28(20)14-32-3)18-13-31-21-7-5-4-6-16(18)21/h4-7,10,12-13,15,29H,8-9,11,14H2,1-3H3. The third-order valence-corrected chi connectivity index (χ3v) is 6.74. The molecule has 4 heterocycles. The topological polar surface area (TPSA) is 84.4 Å². The number of furan rings is 1. The number of aromatic nitrogens is 3. The van der Waals surface area contributed by atoms with Crippen LogP contribution in [0.15, 0.2) is 47.2 Å². The molecule has 1 aliphatic rings. The second kappa shape index (κ2) is 7.94. The van der Waals surface area contributed by atoms with E-state index < -0.39 is 5.54 Å². The summed E-state index contributed by atoms with van der Waals surface area (Å²) < 4.78 is 7.66. The third-order valence-electron chi connectivity index (χ3n) is 6.24. The number of fused-ring (bicyclic) bond motifs is 2. The number of para-hydroxylation sites is 1. The lowest BCUT2D eigenvalue weighted by atomic mass is 9.88. The van der Waals surface area contributed by atoms with Gasteiger partial charge in [-0.1, -0.05) is 18.2 Å². The minimum atomic E-state index is -0.425. The Morgan fingerprint density at radius 3 is 2.91 bits per heavy atom. The van der Waals surface area contributed by atoms with Gasteiger partial charge < -0.3 is 14.4 Å². The molecule has 0 aliphatic carbocycles. The van der Waals surface area contributed by atoms with Crippen LogP contribution in [0.1, 0.15) is 37.2 Å². The molecule has 1 N–H and O–H groups in total. The van der Waals surface area contributed by atoms with Crippen molar-refractivity contribution in [3.8, 4) is 11.3 Å². The summed E-state index contributed by atoms with van der Waals surface area (Å²) in [6, 6.07) is 9.72. The van der Waals surface area contributed by atoms with E-state index in [9.17, 15) is 9.90 Å². The van der Waals surface area contributed by atoms with Crippen molar-refractivity contribution in [1.82, 2.24) is 19.7 Å². The molecule has 32 heavy (non-hydrogen) atoms. The predicted molar refractivity (Wildman–Crippen MR) is 127 cm³/mol. The molecule has 1 saturated heterocycles. The summed E-state index contributed by atoms with van der Waals surface area (Å²) in [5, 5.41) is 16.8. The Labute approximate surface area is 190 Å².